The number of halogens is 3. The molecule has 2 aromatic heterocycles. The third-order valence-corrected chi connectivity index (χ3v) is 6.49. The Morgan fingerprint density at radius 2 is 1.82 bits per heavy atom. The number of quaternary nitrogens is 1. The minimum atomic E-state index is -4.75. The van der Waals surface area contributed by atoms with Crippen molar-refractivity contribution in [3.8, 4) is 16.9 Å². The molecule has 0 radical (unpaired) electrons. The lowest BCUT2D eigenvalue weighted by Gasteiger charge is -2.40. The second kappa shape index (κ2) is 8.39. The van der Waals surface area contributed by atoms with Crippen molar-refractivity contribution in [2.24, 2.45) is 5.92 Å². The van der Waals surface area contributed by atoms with E-state index in [4.69, 9.17) is 4.42 Å². The van der Waals surface area contributed by atoms with Gasteiger partial charge >= 0.3 is 6.36 Å². The lowest BCUT2D eigenvalue weighted by Crippen LogP contribution is -3.13. The maximum atomic E-state index is 13.3. The molecule has 174 valence electrons. The molecule has 0 aliphatic carbocycles. The number of fused-ring (bicyclic) bond motifs is 4. The highest BCUT2D eigenvalue weighted by molar-refractivity contribution is 5.63. The average molecular weight is 461 g/mol. The minimum Gasteiger partial charge on any atom is -0.458 e. The largest absolute Gasteiger partial charge is 0.573 e. The molecule has 33 heavy (non-hydrogen) atoms. The molecule has 1 aromatic carbocycles. The molecule has 1 saturated heterocycles. The van der Waals surface area contributed by atoms with Gasteiger partial charge in [-0.05, 0) is 48.4 Å². The van der Waals surface area contributed by atoms with Crippen LogP contribution in [0.4, 0.5) is 13.2 Å². The van der Waals surface area contributed by atoms with Crippen LogP contribution in [0.25, 0.3) is 11.1 Å². The fourth-order valence-corrected chi connectivity index (χ4v) is 5.22. The topological polar surface area (TPSA) is 69.0 Å². The molecule has 9 heteroatoms. The third kappa shape index (κ3) is 4.56. The van der Waals surface area contributed by atoms with Crippen molar-refractivity contribution >= 4 is 0 Å². The van der Waals surface area contributed by atoms with Gasteiger partial charge in [0.15, 0.2) is 5.76 Å². The van der Waals surface area contributed by atoms with Gasteiger partial charge in [0.05, 0.1) is 13.1 Å². The summed E-state index contributed by atoms with van der Waals surface area (Å²) in [5.74, 6) is 1.70. The molecular weight excluding hydrogens is 437 g/mol. The number of furan rings is 1. The number of likely N-dealkylation sites (tertiary alicyclic amines) is 1. The van der Waals surface area contributed by atoms with Gasteiger partial charge in [-0.2, -0.15) is 0 Å². The van der Waals surface area contributed by atoms with Gasteiger partial charge in [-0.3, -0.25) is 4.79 Å². The summed E-state index contributed by atoms with van der Waals surface area (Å²) in [6, 6.07) is 12.8. The van der Waals surface area contributed by atoms with E-state index in [1.165, 1.54) is 29.2 Å². The number of benzene rings is 1. The Kier molecular flexibility index (Phi) is 5.54. The van der Waals surface area contributed by atoms with Crippen LogP contribution in [0.3, 0.4) is 0 Å². The number of piperidine rings is 1. The van der Waals surface area contributed by atoms with E-state index in [0.29, 0.717) is 29.3 Å². The fourth-order valence-electron chi connectivity index (χ4n) is 5.22. The Bertz CT molecular complexity index is 1200. The first-order valence-corrected chi connectivity index (χ1v) is 10.9. The van der Waals surface area contributed by atoms with Crippen LogP contribution in [0.2, 0.25) is 0 Å². The second-order valence-electron chi connectivity index (χ2n) is 8.82. The molecule has 0 spiro atoms. The van der Waals surface area contributed by atoms with E-state index in [-0.39, 0.29) is 23.8 Å². The Hall–Kier alpha value is -3.04. The number of hydrogen-bond acceptors (Lipinski definition) is 4. The van der Waals surface area contributed by atoms with Crippen molar-refractivity contribution < 1.29 is 32.3 Å². The number of aliphatic hydroxyl groups is 1. The second-order valence-corrected chi connectivity index (χ2v) is 8.82. The maximum absolute atomic E-state index is 13.3. The third-order valence-electron chi connectivity index (χ3n) is 6.49. The predicted octanol–water partition coefficient (Wildman–Crippen LogP) is 2.70. The highest BCUT2D eigenvalue weighted by Crippen LogP contribution is 2.32. The normalized spacial score (nSPS) is 22.1. The van der Waals surface area contributed by atoms with Gasteiger partial charge in [0, 0.05) is 29.6 Å². The van der Waals surface area contributed by atoms with Gasteiger partial charge in [-0.25, -0.2) is 0 Å². The van der Waals surface area contributed by atoms with Crippen molar-refractivity contribution in [3.05, 3.63) is 76.1 Å². The molecule has 6 nitrogen and oxygen atoms in total. The summed E-state index contributed by atoms with van der Waals surface area (Å²) in [5.41, 5.74) is 1.91. The summed E-state index contributed by atoms with van der Waals surface area (Å²) < 4.78 is 48.6. The first-order valence-electron chi connectivity index (χ1n) is 10.9. The fraction of sp³-hybridized carbons (Fsp3) is 0.375. The number of nitrogens with one attached hydrogen (secondary N) is 1. The molecule has 2 N–H and O–H groups in total. The Morgan fingerprint density at radius 1 is 1.06 bits per heavy atom. The summed E-state index contributed by atoms with van der Waals surface area (Å²) in [7, 11) is 0. The van der Waals surface area contributed by atoms with Gasteiger partial charge in [-0.1, -0.05) is 12.1 Å². The molecule has 3 atom stereocenters. The monoisotopic (exact) mass is 461 g/mol. The molecule has 3 aromatic rings. The first-order chi connectivity index (χ1) is 15.8. The van der Waals surface area contributed by atoms with Crippen LogP contribution in [0.15, 0.2) is 57.7 Å². The number of rotatable bonds is 5. The summed E-state index contributed by atoms with van der Waals surface area (Å²) >= 11 is 0. The zero-order valence-corrected chi connectivity index (χ0v) is 17.8. The van der Waals surface area contributed by atoms with Gasteiger partial charge in [0.2, 0.25) is 0 Å². The summed E-state index contributed by atoms with van der Waals surface area (Å²) in [6.07, 6.45) is -3.72. The molecular formula is C24H24F3N2O4+. The molecule has 2 bridgehead atoms. The summed E-state index contributed by atoms with van der Waals surface area (Å²) in [6.45, 7) is 3.05. The molecule has 0 amide bonds. The standard InChI is InChI=1S/C24H23F3N2O4/c25-24(26,27)33-18-3-1-16(2-4-18)21-7-8-22-17-9-15(11-29(22)23(21)31)10-28(12-17)13-19-5-6-20(14-30)32-19/h1-8,15,17,30H,9-14H2/p+1/t15-,17+/m0/s1. The number of nitrogens with zero attached hydrogens (tertiary/aromatic N) is 1. The number of aliphatic hydroxyl groups excluding tert-OH is 1. The molecule has 1 fully saturated rings. The van der Waals surface area contributed by atoms with E-state index < -0.39 is 6.36 Å². The van der Waals surface area contributed by atoms with Crippen LogP contribution in [0.1, 0.15) is 29.6 Å². The van der Waals surface area contributed by atoms with Crippen molar-refractivity contribution in [1.82, 2.24) is 4.57 Å². The lowest BCUT2D eigenvalue weighted by molar-refractivity contribution is -0.925. The van der Waals surface area contributed by atoms with E-state index in [2.05, 4.69) is 4.74 Å². The summed E-state index contributed by atoms with van der Waals surface area (Å²) in [4.78, 5) is 14.7. The highest BCUT2D eigenvalue weighted by Gasteiger charge is 2.38. The van der Waals surface area contributed by atoms with Crippen molar-refractivity contribution in [3.63, 3.8) is 0 Å². The highest BCUT2D eigenvalue weighted by atomic mass is 19.4. The van der Waals surface area contributed by atoms with E-state index in [0.717, 1.165) is 37.5 Å². The Labute approximate surface area is 187 Å². The zero-order chi connectivity index (χ0) is 23.2. The van der Waals surface area contributed by atoms with E-state index in [1.807, 2.05) is 16.7 Å². The molecule has 0 saturated carbocycles. The van der Waals surface area contributed by atoms with E-state index in [9.17, 15) is 23.1 Å². The van der Waals surface area contributed by atoms with Crippen LogP contribution in [0, 0.1) is 5.92 Å². The van der Waals surface area contributed by atoms with Crippen LogP contribution in [-0.4, -0.2) is 29.1 Å². The van der Waals surface area contributed by atoms with E-state index in [1.54, 1.807) is 12.1 Å². The quantitative estimate of drug-likeness (QED) is 0.613. The summed E-state index contributed by atoms with van der Waals surface area (Å²) in [5, 5.41) is 9.20. The van der Waals surface area contributed by atoms with Gasteiger partial charge in [0.1, 0.15) is 24.7 Å². The first kappa shape index (κ1) is 21.8. The van der Waals surface area contributed by atoms with Crippen LogP contribution in [-0.2, 0) is 19.7 Å². The minimum absolute atomic E-state index is 0.114. The molecule has 1 unspecified atom stereocenters. The number of pyridine rings is 1. The average Bonchev–Trinajstić information content (AvgIpc) is 3.22. The number of ether oxygens (including phenoxy) is 1. The van der Waals surface area contributed by atoms with Crippen LogP contribution < -0.4 is 15.2 Å². The molecule has 5 rings (SSSR count). The van der Waals surface area contributed by atoms with Gasteiger partial charge in [0.25, 0.3) is 5.56 Å². The lowest BCUT2D eigenvalue weighted by atomic mass is 9.82. The van der Waals surface area contributed by atoms with E-state index >= 15 is 0 Å². The van der Waals surface area contributed by atoms with Crippen molar-refractivity contribution in [2.75, 3.05) is 13.1 Å². The Morgan fingerprint density at radius 3 is 2.52 bits per heavy atom. The van der Waals surface area contributed by atoms with Crippen molar-refractivity contribution in [1.29, 1.82) is 0 Å². The number of hydrogen-bond donors (Lipinski definition) is 2. The van der Waals surface area contributed by atoms with Crippen LogP contribution in [0.5, 0.6) is 5.75 Å². The molecule has 2 aliphatic heterocycles. The van der Waals surface area contributed by atoms with Crippen LogP contribution >= 0.6 is 0 Å². The van der Waals surface area contributed by atoms with Crippen molar-refractivity contribution in [2.45, 2.75) is 38.4 Å². The zero-order valence-electron chi connectivity index (χ0n) is 17.8. The Balaban J connectivity index is 1.36. The molecule has 4 heterocycles. The maximum Gasteiger partial charge on any atom is 0.573 e. The number of aromatic nitrogens is 1. The smallest absolute Gasteiger partial charge is 0.458 e. The molecule has 2 aliphatic rings. The SMILES string of the molecule is O=c1c(-c2ccc(OC(F)(F)F)cc2)ccc2n1C[C@H]1C[C@@H]2C[NH+](Cc2ccc(CO)o2)C1. The predicted molar refractivity (Wildman–Crippen MR) is 113 cm³/mol. The van der Waals surface area contributed by atoms with Gasteiger partial charge < -0.3 is 23.7 Å². The number of alkyl halides is 3. The van der Waals surface area contributed by atoms with Gasteiger partial charge in [-0.15, -0.1) is 13.2 Å².